The van der Waals surface area contributed by atoms with Gasteiger partial charge in [-0.25, -0.2) is 0 Å². The van der Waals surface area contributed by atoms with Crippen molar-refractivity contribution in [1.82, 2.24) is 29.8 Å². The van der Waals surface area contributed by atoms with Gasteiger partial charge in [0.15, 0.2) is 0 Å². The number of likely N-dealkylation sites (N-methyl/N-ethyl adjacent to an activating group) is 1. The fourth-order valence-electron chi connectivity index (χ4n) is 3.77. The minimum Gasteiger partial charge on any atom is -0.338 e. The molecule has 28 heavy (non-hydrogen) atoms. The Balaban J connectivity index is 0.00000280. The van der Waals surface area contributed by atoms with Crippen molar-refractivity contribution in [2.45, 2.75) is 32.7 Å². The van der Waals surface area contributed by atoms with E-state index in [-0.39, 0.29) is 24.2 Å². The Bertz CT molecular complexity index is 634. The molecule has 0 spiro atoms. The van der Waals surface area contributed by atoms with E-state index in [1.54, 1.807) is 0 Å². The lowest BCUT2D eigenvalue weighted by Crippen LogP contribution is -2.52. The molecule has 2 amide bonds. The van der Waals surface area contributed by atoms with Crippen molar-refractivity contribution < 1.29 is 9.59 Å². The lowest BCUT2D eigenvalue weighted by molar-refractivity contribution is -0.133. The van der Waals surface area contributed by atoms with Crippen LogP contribution in [0.2, 0.25) is 0 Å². The summed E-state index contributed by atoms with van der Waals surface area (Å²) in [6, 6.07) is 2.14. The van der Waals surface area contributed by atoms with E-state index in [4.69, 9.17) is 0 Å². The molecule has 0 bridgehead atoms. The van der Waals surface area contributed by atoms with Gasteiger partial charge in [-0.15, -0.1) is 12.4 Å². The van der Waals surface area contributed by atoms with Gasteiger partial charge in [0, 0.05) is 38.9 Å². The Kier molecular flexibility index (Phi) is 8.72. The zero-order valence-corrected chi connectivity index (χ0v) is 17.8. The standard InChI is InChI=1S/C19H32N6O2.ClH/c1-3-22(4-2)15-18(26)23-10-12-24(13-11-23)19(27)17-7-9-25(21-17)16-6-5-8-20-14-16;/h7,9,16,20H,3-6,8,10-15H2,1-2H3;1H. The Morgan fingerprint density at radius 2 is 1.86 bits per heavy atom. The molecule has 3 heterocycles. The lowest BCUT2D eigenvalue weighted by atomic mass is 10.1. The molecule has 2 saturated heterocycles. The summed E-state index contributed by atoms with van der Waals surface area (Å²) in [5.74, 6) is 0.119. The Labute approximate surface area is 173 Å². The quantitative estimate of drug-likeness (QED) is 0.750. The van der Waals surface area contributed by atoms with Crippen LogP contribution in [0.5, 0.6) is 0 Å². The van der Waals surface area contributed by atoms with Crippen molar-refractivity contribution in [1.29, 1.82) is 0 Å². The number of nitrogens with zero attached hydrogens (tertiary/aromatic N) is 5. The molecule has 3 rings (SSSR count). The summed E-state index contributed by atoms with van der Waals surface area (Å²) in [5, 5.41) is 7.90. The SMILES string of the molecule is CCN(CC)CC(=O)N1CCN(C(=O)c2ccn(C3CCCNC3)n2)CC1.Cl. The van der Waals surface area contributed by atoms with E-state index in [0.29, 0.717) is 44.5 Å². The first-order valence-electron chi connectivity index (χ1n) is 10.2. The van der Waals surface area contributed by atoms with Gasteiger partial charge in [-0.3, -0.25) is 19.2 Å². The van der Waals surface area contributed by atoms with Crippen LogP contribution >= 0.6 is 12.4 Å². The summed E-state index contributed by atoms with van der Waals surface area (Å²) < 4.78 is 1.92. The molecule has 2 aliphatic heterocycles. The van der Waals surface area contributed by atoms with Gasteiger partial charge in [-0.1, -0.05) is 13.8 Å². The fourth-order valence-corrected chi connectivity index (χ4v) is 3.77. The summed E-state index contributed by atoms with van der Waals surface area (Å²) in [6.07, 6.45) is 4.14. The number of carbonyl (C=O) groups is 2. The van der Waals surface area contributed by atoms with Crippen molar-refractivity contribution in [3.63, 3.8) is 0 Å². The summed E-state index contributed by atoms with van der Waals surface area (Å²) in [7, 11) is 0. The summed E-state index contributed by atoms with van der Waals surface area (Å²) in [6.45, 7) is 10.6. The van der Waals surface area contributed by atoms with Crippen LogP contribution in [0, 0.1) is 0 Å². The highest BCUT2D eigenvalue weighted by molar-refractivity contribution is 5.92. The van der Waals surface area contributed by atoms with Gasteiger partial charge in [0.1, 0.15) is 5.69 Å². The van der Waals surface area contributed by atoms with Crippen LogP contribution in [-0.4, -0.2) is 95.2 Å². The van der Waals surface area contributed by atoms with Gasteiger partial charge in [0.25, 0.3) is 5.91 Å². The van der Waals surface area contributed by atoms with Crippen LogP contribution < -0.4 is 5.32 Å². The molecule has 0 saturated carbocycles. The topological polar surface area (TPSA) is 73.7 Å². The zero-order valence-electron chi connectivity index (χ0n) is 17.0. The molecule has 1 unspecified atom stereocenters. The number of hydrogen-bond acceptors (Lipinski definition) is 5. The maximum atomic E-state index is 12.8. The third-order valence-corrected chi connectivity index (χ3v) is 5.65. The van der Waals surface area contributed by atoms with Crippen LogP contribution in [0.4, 0.5) is 0 Å². The van der Waals surface area contributed by atoms with Crippen LogP contribution in [0.3, 0.4) is 0 Å². The van der Waals surface area contributed by atoms with Crippen LogP contribution in [-0.2, 0) is 4.79 Å². The van der Waals surface area contributed by atoms with Gasteiger partial charge in [-0.2, -0.15) is 5.10 Å². The number of amides is 2. The molecule has 0 radical (unpaired) electrons. The first-order chi connectivity index (χ1) is 13.1. The molecule has 1 N–H and O–H groups in total. The molecule has 158 valence electrons. The molecule has 2 fully saturated rings. The predicted octanol–water partition coefficient (Wildman–Crippen LogP) is 0.856. The van der Waals surface area contributed by atoms with E-state index in [0.717, 1.165) is 39.0 Å². The second-order valence-electron chi connectivity index (χ2n) is 7.32. The summed E-state index contributed by atoms with van der Waals surface area (Å²) in [4.78, 5) is 31.0. The third kappa shape index (κ3) is 5.46. The number of rotatable bonds is 6. The van der Waals surface area contributed by atoms with E-state index in [9.17, 15) is 9.59 Å². The van der Waals surface area contributed by atoms with Gasteiger partial charge < -0.3 is 15.1 Å². The van der Waals surface area contributed by atoms with Gasteiger partial charge in [0.05, 0.1) is 12.6 Å². The Hall–Kier alpha value is -1.64. The maximum Gasteiger partial charge on any atom is 0.274 e. The highest BCUT2D eigenvalue weighted by atomic mass is 35.5. The van der Waals surface area contributed by atoms with E-state index in [1.807, 2.05) is 26.7 Å². The molecule has 0 aromatic carbocycles. The summed E-state index contributed by atoms with van der Waals surface area (Å²) in [5.41, 5.74) is 0.503. The minimum absolute atomic E-state index is 0. The first-order valence-corrected chi connectivity index (χ1v) is 10.2. The molecular formula is C19H33ClN6O2. The average molecular weight is 413 g/mol. The third-order valence-electron chi connectivity index (χ3n) is 5.65. The summed E-state index contributed by atoms with van der Waals surface area (Å²) >= 11 is 0. The highest BCUT2D eigenvalue weighted by Crippen LogP contribution is 2.16. The van der Waals surface area contributed by atoms with Gasteiger partial charge >= 0.3 is 0 Å². The van der Waals surface area contributed by atoms with Crippen molar-refractivity contribution in [3.05, 3.63) is 18.0 Å². The molecule has 8 nitrogen and oxygen atoms in total. The minimum atomic E-state index is -0.0339. The number of carbonyl (C=O) groups excluding carboxylic acids is 2. The van der Waals surface area contributed by atoms with Crippen LogP contribution in [0.15, 0.2) is 12.3 Å². The van der Waals surface area contributed by atoms with Gasteiger partial charge in [-0.05, 0) is 38.5 Å². The van der Waals surface area contributed by atoms with Crippen molar-refractivity contribution in [2.24, 2.45) is 0 Å². The van der Waals surface area contributed by atoms with Crippen molar-refractivity contribution in [3.8, 4) is 0 Å². The molecular weight excluding hydrogens is 380 g/mol. The first kappa shape index (κ1) is 22.6. The van der Waals surface area contributed by atoms with E-state index < -0.39 is 0 Å². The monoisotopic (exact) mass is 412 g/mol. The fraction of sp³-hybridized carbons (Fsp3) is 0.737. The van der Waals surface area contributed by atoms with Crippen molar-refractivity contribution >= 4 is 24.2 Å². The Morgan fingerprint density at radius 3 is 2.46 bits per heavy atom. The lowest BCUT2D eigenvalue weighted by Gasteiger charge is -2.35. The number of hydrogen-bond donors (Lipinski definition) is 1. The number of piperazine rings is 1. The highest BCUT2D eigenvalue weighted by Gasteiger charge is 2.27. The number of aromatic nitrogens is 2. The number of halogens is 1. The zero-order chi connectivity index (χ0) is 19.2. The van der Waals surface area contributed by atoms with E-state index >= 15 is 0 Å². The smallest absolute Gasteiger partial charge is 0.274 e. The second-order valence-corrected chi connectivity index (χ2v) is 7.32. The molecule has 2 aliphatic rings. The van der Waals surface area contributed by atoms with Gasteiger partial charge in [0.2, 0.25) is 5.91 Å². The van der Waals surface area contributed by atoms with E-state index in [2.05, 4.69) is 29.2 Å². The maximum absolute atomic E-state index is 12.8. The Morgan fingerprint density at radius 1 is 1.18 bits per heavy atom. The molecule has 1 aromatic rings. The average Bonchev–Trinajstić information content (AvgIpc) is 3.22. The molecule has 1 atom stereocenters. The van der Waals surface area contributed by atoms with Crippen LogP contribution in [0.25, 0.3) is 0 Å². The van der Waals surface area contributed by atoms with Crippen molar-refractivity contribution in [2.75, 3.05) is 58.9 Å². The molecule has 9 heteroatoms. The van der Waals surface area contributed by atoms with E-state index in [1.165, 1.54) is 0 Å². The predicted molar refractivity (Wildman–Crippen MR) is 111 cm³/mol. The molecule has 1 aromatic heterocycles. The normalized spacial score (nSPS) is 20.2. The second kappa shape index (κ2) is 10.8. The number of nitrogens with one attached hydrogen (secondary N) is 1. The number of piperidine rings is 1. The largest absolute Gasteiger partial charge is 0.338 e. The molecule has 0 aliphatic carbocycles. The van der Waals surface area contributed by atoms with Crippen LogP contribution in [0.1, 0.15) is 43.2 Å².